The summed E-state index contributed by atoms with van der Waals surface area (Å²) in [5, 5.41) is 8.35. The van der Waals surface area contributed by atoms with Gasteiger partial charge >= 0.3 is 0 Å². The lowest BCUT2D eigenvalue weighted by atomic mass is 9.82. The number of rotatable bonds is 3. The molecule has 1 aliphatic carbocycles. The smallest absolute Gasteiger partial charge is 0.235 e. The van der Waals surface area contributed by atoms with Gasteiger partial charge in [-0.2, -0.15) is 0 Å². The molecule has 0 aliphatic heterocycles. The molecule has 0 unspecified atom stereocenters. The number of nitrogens with zero attached hydrogens (tertiary/aromatic N) is 4. The summed E-state index contributed by atoms with van der Waals surface area (Å²) in [5.41, 5.74) is 13.8. The van der Waals surface area contributed by atoms with Crippen LogP contribution in [0.3, 0.4) is 0 Å². The summed E-state index contributed by atoms with van der Waals surface area (Å²) in [7, 11) is 0. The van der Waals surface area contributed by atoms with Crippen molar-refractivity contribution in [3.8, 4) is 34.0 Å². The van der Waals surface area contributed by atoms with Crippen LogP contribution in [0.25, 0.3) is 99.3 Å². The lowest BCUT2D eigenvalue weighted by Crippen LogP contribution is -2.15. The van der Waals surface area contributed by atoms with Gasteiger partial charge in [0.25, 0.3) is 0 Å². The third-order valence-corrected chi connectivity index (χ3v) is 12.1. The molecule has 11 aromatic rings. The Balaban J connectivity index is 1.13. The second-order valence-electron chi connectivity index (χ2n) is 15.4. The van der Waals surface area contributed by atoms with Crippen LogP contribution in [0.4, 0.5) is 0 Å². The van der Waals surface area contributed by atoms with Gasteiger partial charge in [0.15, 0.2) is 0 Å². The van der Waals surface area contributed by atoms with E-state index in [1.165, 1.54) is 65.6 Å². The minimum atomic E-state index is -0.113. The highest BCUT2D eigenvalue weighted by Crippen LogP contribution is 2.50. The number of fused-ring (bicyclic) bond motifs is 12. The van der Waals surface area contributed by atoms with E-state index < -0.39 is 0 Å². The fourth-order valence-corrected chi connectivity index (χ4v) is 9.56. The second-order valence-corrected chi connectivity index (χ2v) is 15.4. The van der Waals surface area contributed by atoms with Crippen LogP contribution in [-0.4, -0.2) is 19.1 Å². The maximum atomic E-state index is 5.51. The maximum Gasteiger partial charge on any atom is 0.235 e. The van der Waals surface area contributed by atoms with Crippen molar-refractivity contribution in [1.29, 1.82) is 0 Å². The van der Waals surface area contributed by atoms with E-state index in [2.05, 4.69) is 193 Å². The molecule has 0 radical (unpaired) electrons. The zero-order chi connectivity index (χ0) is 36.4. The fourth-order valence-electron chi connectivity index (χ4n) is 9.56. The van der Waals surface area contributed by atoms with Gasteiger partial charge in [-0.15, -0.1) is 0 Å². The molecule has 55 heavy (non-hydrogen) atoms. The molecule has 3 heterocycles. The van der Waals surface area contributed by atoms with Gasteiger partial charge in [0, 0.05) is 43.6 Å². The summed E-state index contributed by atoms with van der Waals surface area (Å²) in [6.07, 6.45) is 0. The van der Waals surface area contributed by atoms with E-state index >= 15 is 0 Å². The molecule has 0 spiro atoms. The number of benzene rings is 8. The number of hydrogen-bond acceptors (Lipinski definition) is 2. The molecule has 0 atom stereocenters. The van der Waals surface area contributed by atoms with Gasteiger partial charge in [-0.3, -0.25) is 4.57 Å². The molecule has 4 heteroatoms. The Bertz CT molecular complexity index is 3420. The molecule has 0 amide bonds. The van der Waals surface area contributed by atoms with Crippen LogP contribution in [-0.2, 0) is 5.41 Å². The Hall–Kier alpha value is -7.04. The largest absolute Gasteiger partial charge is 0.309 e. The average molecular weight is 703 g/mol. The summed E-state index contributed by atoms with van der Waals surface area (Å²) < 4.78 is 4.69. The van der Waals surface area contributed by atoms with Crippen molar-refractivity contribution in [3.05, 3.63) is 181 Å². The van der Waals surface area contributed by atoms with Crippen molar-refractivity contribution in [2.75, 3.05) is 0 Å². The third-order valence-electron chi connectivity index (χ3n) is 12.1. The topological polar surface area (TPSA) is 35.6 Å². The first-order valence-corrected chi connectivity index (χ1v) is 19.0. The SMILES string of the molecule is CC1(C)c2ccccc2-c2ccc(-c3nc(-n4c5ccccc5c5c6c7ccccc7n(-c7ccc8ccccc8c7)c6ccc54)nc4ccccc34)cc21. The molecule has 258 valence electrons. The van der Waals surface area contributed by atoms with E-state index in [-0.39, 0.29) is 5.41 Å². The summed E-state index contributed by atoms with van der Waals surface area (Å²) in [6.45, 7) is 4.67. The molecule has 0 fully saturated rings. The molecule has 0 N–H and O–H groups in total. The van der Waals surface area contributed by atoms with Crippen LogP contribution in [0.1, 0.15) is 25.0 Å². The Morgan fingerprint density at radius 2 is 1.05 bits per heavy atom. The predicted octanol–water partition coefficient (Wildman–Crippen LogP) is 13.0. The van der Waals surface area contributed by atoms with Crippen LogP contribution in [0.15, 0.2) is 170 Å². The van der Waals surface area contributed by atoms with Crippen LogP contribution in [0.5, 0.6) is 0 Å². The van der Waals surface area contributed by atoms with Gasteiger partial charge < -0.3 is 4.57 Å². The van der Waals surface area contributed by atoms with E-state index in [0.717, 1.165) is 38.9 Å². The monoisotopic (exact) mass is 702 g/mol. The number of hydrogen-bond donors (Lipinski definition) is 0. The molecule has 8 aromatic carbocycles. The molecule has 0 saturated carbocycles. The molecular formula is C51H34N4. The van der Waals surface area contributed by atoms with Crippen LogP contribution < -0.4 is 0 Å². The Kier molecular flexibility index (Phi) is 6.09. The standard InChI is InChI=1S/C51H34N4/c1-51(2)40-19-9-5-15-35(40)36-26-24-33(30-41(36)51)49-37-16-6-10-20-42(37)52-50(53-49)55-44-22-12-8-18-39(44)48-46(55)28-27-45-47(48)38-17-7-11-21-43(38)54(45)34-25-23-31-13-3-4-14-32(31)29-34/h3-30H,1-2H3. The minimum Gasteiger partial charge on any atom is -0.309 e. The number of aromatic nitrogens is 4. The molecule has 0 saturated heterocycles. The lowest BCUT2D eigenvalue weighted by Gasteiger charge is -2.22. The van der Waals surface area contributed by atoms with E-state index in [4.69, 9.17) is 9.97 Å². The molecule has 12 rings (SSSR count). The maximum absolute atomic E-state index is 5.51. The summed E-state index contributed by atoms with van der Waals surface area (Å²) >= 11 is 0. The summed E-state index contributed by atoms with van der Waals surface area (Å²) in [5.74, 6) is 0.667. The predicted molar refractivity (Wildman–Crippen MR) is 229 cm³/mol. The van der Waals surface area contributed by atoms with Gasteiger partial charge in [-0.1, -0.05) is 135 Å². The van der Waals surface area contributed by atoms with Crippen LogP contribution >= 0.6 is 0 Å². The fraction of sp³-hybridized carbons (Fsp3) is 0.0588. The second kappa shape index (κ2) is 11.0. The lowest BCUT2D eigenvalue weighted by molar-refractivity contribution is 0.660. The van der Waals surface area contributed by atoms with E-state index in [9.17, 15) is 0 Å². The molecule has 4 nitrogen and oxygen atoms in total. The first kappa shape index (κ1) is 30.4. The van der Waals surface area contributed by atoms with Crippen molar-refractivity contribution in [2.45, 2.75) is 19.3 Å². The quantitative estimate of drug-likeness (QED) is 0.184. The first-order chi connectivity index (χ1) is 27.0. The first-order valence-electron chi connectivity index (χ1n) is 19.0. The average Bonchev–Trinajstić information content (AvgIpc) is 3.83. The Morgan fingerprint density at radius 1 is 0.436 bits per heavy atom. The van der Waals surface area contributed by atoms with Gasteiger partial charge in [0.1, 0.15) is 0 Å². The highest BCUT2D eigenvalue weighted by Gasteiger charge is 2.35. The summed E-state index contributed by atoms with van der Waals surface area (Å²) in [4.78, 5) is 10.8. The third kappa shape index (κ3) is 4.17. The zero-order valence-electron chi connectivity index (χ0n) is 30.5. The van der Waals surface area contributed by atoms with E-state index in [0.29, 0.717) is 5.95 Å². The highest BCUT2D eigenvalue weighted by atomic mass is 15.2. The number of para-hydroxylation sites is 3. The van der Waals surface area contributed by atoms with Gasteiger partial charge in [0.2, 0.25) is 5.95 Å². The Labute approximate surface area is 317 Å². The zero-order valence-corrected chi connectivity index (χ0v) is 30.5. The summed E-state index contributed by atoms with van der Waals surface area (Å²) in [6, 6.07) is 61.5. The molecule has 1 aliphatic rings. The van der Waals surface area contributed by atoms with Crippen LogP contribution in [0, 0.1) is 0 Å². The van der Waals surface area contributed by atoms with Gasteiger partial charge in [-0.25, -0.2) is 9.97 Å². The van der Waals surface area contributed by atoms with E-state index in [1.807, 2.05) is 0 Å². The highest BCUT2D eigenvalue weighted by molar-refractivity contribution is 6.29. The molecular weight excluding hydrogens is 669 g/mol. The molecule has 0 bridgehead atoms. The van der Waals surface area contributed by atoms with Crippen molar-refractivity contribution >= 4 is 65.3 Å². The van der Waals surface area contributed by atoms with Crippen molar-refractivity contribution < 1.29 is 0 Å². The van der Waals surface area contributed by atoms with Crippen molar-refractivity contribution in [1.82, 2.24) is 19.1 Å². The van der Waals surface area contributed by atoms with Gasteiger partial charge in [0.05, 0.1) is 33.3 Å². The minimum absolute atomic E-state index is 0.113. The normalized spacial score (nSPS) is 13.4. The van der Waals surface area contributed by atoms with Crippen molar-refractivity contribution in [2.24, 2.45) is 0 Å². The van der Waals surface area contributed by atoms with Crippen molar-refractivity contribution in [3.63, 3.8) is 0 Å². The van der Waals surface area contributed by atoms with Gasteiger partial charge in [-0.05, 0) is 81.6 Å². The molecule has 3 aromatic heterocycles. The van der Waals surface area contributed by atoms with E-state index in [1.54, 1.807) is 0 Å². The Morgan fingerprint density at radius 3 is 1.85 bits per heavy atom. The van der Waals surface area contributed by atoms with Crippen LogP contribution in [0.2, 0.25) is 0 Å².